The Kier molecular flexibility index (Phi) is 1.94. The van der Waals surface area contributed by atoms with Crippen LogP contribution in [0.1, 0.15) is 5.56 Å². The van der Waals surface area contributed by atoms with Gasteiger partial charge in [-0.3, -0.25) is 5.10 Å². The van der Waals surface area contributed by atoms with Crippen molar-refractivity contribution in [3.05, 3.63) is 48.2 Å². The lowest BCUT2D eigenvalue weighted by atomic mass is 10.0. The molecule has 0 amide bonds. The highest BCUT2D eigenvalue weighted by molar-refractivity contribution is 5.95. The van der Waals surface area contributed by atoms with E-state index in [1.807, 2.05) is 18.3 Å². The van der Waals surface area contributed by atoms with Gasteiger partial charge in [-0.15, -0.1) is 0 Å². The molecular weight excluding hydrogens is 224 g/mol. The zero-order valence-corrected chi connectivity index (χ0v) is 9.81. The van der Waals surface area contributed by atoms with E-state index in [1.54, 1.807) is 0 Å². The van der Waals surface area contributed by atoms with E-state index >= 15 is 0 Å². The summed E-state index contributed by atoms with van der Waals surface area (Å²) in [4.78, 5) is 0. The van der Waals surface area contributed by atoms with E-state index in [0.29, 0.717) is 6.61 Å². The Balaban J connectivity index is 2.09. The summed E-state index contributed by atoms with van der Waals surface area (Å²) in [5.41, 5.74) is 3.43. The highest BCUT2D eigenvalue weighted by Crippen LogP contribution is 2.39. The predicted octanol–water partition coefficient (Wildman–Crippen LogP) is 3.16. The third-order valence-electron chi connectivity index (χ3n) is 3.48. The molecule has 0 saturated heterocycles. The summed E-state index contributed by atoms with van der Waals surface area (Å²) in [6, 6.07) is 12.6. The highest BCUT2D eigenvalue weighted by atomic mass is 16.5. The Bertz CT molecular complexity index is 730. The fraction of sp³-hybridized carbons (Fsp3) is 0.133. The van der Waals surface area contributed by atoms with Gasteiger partial charge in [0.15, 0.2) is 0 Å². The van der Waals surface area contributed by atoms with E-state index in [2.05, 4.69) is 34.5 Å². The molecule has 18 heavy (non-hydrogen) atoms. The van der Waals surface area contributed by atoms with Crippen LogP contribution in [0.2, 0.25) is 0 Å². The van der Waals surface area contributed by atoms with Crippen molar-refractivity contribution in [2.24, 2.45) is 0 Å². The monoisotopic (exact) mass is 236 g/mol. The van der Waals surface area contributed by atoms with E-state index in [9.17, 15) is 0 Å². The number of hydrogen-bond acceptors (Lipinski definition) is 2. The van der Waals surface area contributed by atoms with Crippen molar-refractivity contribution in [1.82, 2.24) is 10.2 Å². The number of benzene rings is 2. The molecule has 0 fully saturated rings. The third kappa shape index (κ3) is 1.27. The van der Waals surface area contributed by atoms with Gasteiger partial charge in [0.25, 0.3) is 0 Å². The predicted molar refractivity (Wildman–Crippen MR) is 70.7 cm³/mol. The highest BCUT2D eigenvalue weighted by Gasteiger charge is 2.18. The van der Waals surface area contributed by atoms with Gasteiger partial charge in [0, 0.05) is 22.9 Å². The molecule has 2 aromatic carbocycles. The van der Waals surface area contributed by atoms with E-state index in [0.717, 1.165) is 28.8 Å². The summed E-state index contributed by atoms with van der Waals surface area (Å²) in [5.74, 6) is 0.969. The van der Waals surface area contributed by atoms with Crippen molar-refractivity contribution in [3.63, 3.8) is 0 Å². The van der Waals surface area contributed by atoms with Crippen LogP contribution in [0, 0.1) is 0 Å². The number of nitrogens with zero attached hydrogens (tertiary/aromatic N) is 1. The standard InChI is InChI=1S/C15H12N2O/c1-2-4-12-10(3-1)5-6-13-14-11(9-16-17-14)7-8-18-15(12)13/h1-6,9H,7-8H2,(H,16,17). The first-order chi connectivity index (χ1) is 8.93. The Hall–Kier alpha value is -2.29. The minimum atomic E-state index is 0.702. The molecule has 1 aliphatic rings. The average molecular weight is 236 g/mol. The van der Waals surface area contributed by atoms with Gasteiger partial charge in [-0.1, -0.05) is 30.3 Å². The van der Waals surface area contributed by atoms with Crippen LogP contribution in [0.3, 0.4) is 0 Å². The molecule has 88 valence electrons. The van der Waals surface area contributed by atoms with Gasteiger partial charge in [0.1, 0.15) is 5.75 Å². The number of fused-ring (bicyclic) bond motifs is 5. The molecule has 1 aliphatic heterocycles. The maximum atomic E-state index is 5.95. The topological polar surface area (TPSA) is 37.9 Å². The Morgan fingerprint density at radius 1 is 1.11 bits per heavy atom. The van der Waals surface area contributed by atoms with Crippen LogP contribution in [-0.4, -0.2) is 16.8 Å². The molecule has 0 aliphatic carbocycles. The Morgan fingerprint density at radius 3 is 3.06 bits per heavy atom. The lowest BCUT2D eigenvalue weighted by Crippen LogP contribution is -1.98. The lowest BCUT2D eigenvalue weighted by molar-refractivity contribution is 0.330. The molecule has 1 N–H and O–H groups in total. The first kappa shape index (κ1) is 9.71. The van der Waals surface area contributed by atoms with Crippen LogP contribution in [0.4, 0.5) is 0 Å². The average Bonchev–Trinajstić information content (AvgIpc) is 2.80. The van der Waals surface area contributed by atoms with Crippen LogP contribution in [0.5, 0.6) is 5.75 Å². The third-order valence-corrected chi connectivity index (χ3v) is 3.48. The molecule has 0 bridgehead atoms. The van der Waals surface area contributed by atoms with Crippen LogP contribution >= 0.6 is 0 Å². The molecule has 0 atom stereocenters. The number of nitrogens with one attached hydrogen (secondary N) is 1. The second-order valence-corrected chi connectivity index (χ2v) is 4.53. The number of aromatic nitrogens is 2. The van der Waals surface area contributed by atoms with Gasteiger partial charge < -0.3 is 4.74 Å². The molecular formula is C15H12N2O. The smallest absolute Gasteiger partial charge is 0.136 e. The number of rotatable bonds is 0. The fourth-order valence-electron chi connectivity index (χ4n) is 2.59. The molecule has 3 aromatic rings. The van der Waals surface area contributed by atoms with Crippen LogP contribution < -0.4 is 4.74 Å². The minimum absolute atomic E-state index is 0.702. The van der Waals surface area contributed by atoms with Crippen molar-refractivity contribution >= 4 is 10.8 Å². The van der Waals surface area contributed by atoms with Crippen molar-refractivity contribution in [3.8, 4) is 17.0 Å². The second-order valence-electron chi connectivity index (χ2n) is 4.53. The van der Waals surface area contributed by atoms with Crippen LogP contribution in [0.15, 0.2) is 42.6 Å². The maximum Gasteiger partial charge on any atom is 0.136 e. The summed E-state index contributed by atoms with van der Waals surface area (Å²) >= 11 is 0. The normalized spacial score (nSPS) is 13.6. The summed E-state index contributed by atoms with van der Waals surface area (Å²) in [7, 11) is 0. The van der Waals surface area contributed by atoms with Gasteiger partial charge in [-0.25, -0.2) is 0 Å². The zero-order valence-electron chi connectivity index (χ0n) is 9.81. The first-order valence-corrected chi connectivity index (χ1v) is 6.10. The summed E-state index contributed by atoms with van der Waals surface area (Å²) in [5, 5.41) is 9.60. The first-order valence-electron chi connectivity index (χ1n) is 6.10. The summed E-state index contributed by atoms with van der Waals surface area (Å²) in [6.45, 7) is 0.702. The molecule has 1 aromatic heterocycles. The number of ether oxygens (including phenoxy) is 1. The summed E-state index contributed by atoms with van der Waals surface area (Å²) < 4.78 is 5.95. The fourth-order valence-corrected chi connectivity index (χ4v) is 2.59. The Morgan fingerprint density at radius 2 is 2.06 bits per heavy atom. The molecule has 0 saturated carbocycles. The number of hydrogen-bond donors (Lipinski definition) is 1. The van der Waals surface area contributed by atoms with Crippen molar-refractivity contribution < 1.29 is 4.74 Å². The molecule has 0 radical (unpaired) electrons. The quantitative estimate of drug-likeness (QED) is 0.651. The second kappa shape index (κ2) is 3.60. The van der Waals surface area contributed by atoms with Crippen molar-refractivity contribution in [1.29, 1.82) is 0 Å². The van der Waals surface area contributed by atoms with E-state index in [-0.39, 0.29) is 0 Å². The van der Waals surface area contributed by atoms with Gasteiger partial charge in [0.2, 0.25) is 0 Å². The van der Waals surface area contributed by atoms with Gasteiger partial charge in [-0.05, 0) is 11.5 Å². The molecule has 3 heteroatoms. The maximum absolute atomic E-state index is 5.95. The SMILES string of the molecule is c1ccc2c3c(ccc2c1)-c1[nH]ncc1CCO3. The van der Waals surface area contributed by atoms with Crippen molar-refractivity contribution in [2.45, 2.75) is 6.42 Å². The Labute approximate surface area is 104 Å². The number of aromatic amines is 1. The van der Waals surface area contributed by atoms with Crippen molar-refractivity contribution in [2.75, 3.05) is 6.61 Å². The van der Waals surface area contributed by atoms with E-state index in [4.69, 9.17) is 4.74 Å². The molecule has 0 spiro atoms. The van der Waals surface area contributed by atoms with Gasteiger partial charge in [-0.2, -0.15) is 5.10 Å². The minimum Gasteiger partial charge on any atom is -0.492 e. The molecule has 2 heterocycles. The van der Waals surface area contributed by atoms with Crippen LogP contribution in [-0.2, 0) is 6.42 Å². The molecule has 4 rings (SSSR count). The molecule has 0 unspecified atom stereocenters. The lowest BCUT2D eigenvalue weighted by Gasteiger charge is -2.10. The number of H-pyrrole nitrogens is 1. The largest absolute Gasteiger partial charge is 0.492 e. The van der Waals surface area contributed by atoms with Crippen LogP contribution in [0.25, 0.3) is 22.0 Å². The summed E-state index contributed by atoms with van der Waals surface area (Å²) in [6.07, 6.45) is 2.79. The van der Waals surface area contributed by atoms with Gasteiger partial charge >= 0.3 is 0 Å². The molecule has 3 nitrogen and oxygen atoms in total. The zero-order chi connectivity index (χ0) is 11.9. The van der Waals surface area contributed by atoms with E-state index in [1.165, 1.54) is 10.9 Å². The van der Waals surface area contributed by atoms with E-state index < -0.39 is 0 Å². The van der Waals surface area contributed by atoms with Gasteiger partial charge in [0.05, 0.1) is 18.5 Å².